The zero-order valence-corrected chi connectivity index (χ0v) is 18.9. The normalized spacial score (nSPS) is 13.6. The number of carbonyl (C=O) groups is 2. The van der Waals surface area contributed by atoms with Gasteiger partial charge in [-0.2, -0.15) is 0 Å². The smallest absolute Gasteiger partial charge is 0.282 e. The van der Waals surface area contributed by atoms with Gasteiger partial charge in [0.2, 0.25) is 0 Å². The van der Waals surface area contributed by atoms with E-state index in [4.69, 9.17) is 14.2 Å². The van der Waals surface area contributed by atoms with Crippen molar-refractivity contribution in [2.75, 3.05) is 31.5 Å². The van der Waals surface area contributed by atoms with Gasteiger partial charge >= 0.3 is 0 Å². The molecule has 0 saturated heterocycles. The molecule has 0 unspecified atom stereocenters. The maximum Gasteiger partial charge on any atom is 0.282 e. The molecule has 2 heterocycles. The van der Waals surface area contributed by atoms with E-state index < -0.39 is 11.8 Å². The van der Waals surface area contributed by atoms with E-state index in [1.54, 1.807) is 25.3 Å². The maximum absolute atomic E-state index is 13.6. The number of nitrogens with zero attached hydrogens (tertiary/aromatic N) is 1. The van der Waals surface area contributed by atoms with Gasteiger partial charge in [-0.05, 0) is 48.2 Å². The van der Waals surface area contributed by atoms with Gasteiger partial charge in [0.05, 0.1) is 38.3 Å². The molecule has 4 rings (SSSR count). The molecule has 0 atom stereocenters. The van der Waals surface area contributed by atoms with Crippen LogP contribution in [-0.2, 0) is 9.59 Å². The summed E-state index contributed by atoms with van der Waals surface area (Å²) in [4.78, 5) is 29.0. The molecule has 0 spiro atoms. The Hall–Kier alpha value is -3.78. The number of ether oxygens (including phenoxy) is 3. The van der Waals surface area contributed by atoms with Crippen molar-refractivity contribution in [1.82, 2.24) is 0 Å². The van der Waals surface area contributed by atoms with Crippen molar-refractivity contribution in [3.05, 3.63) is 70.0 Å². The fraction of sp³-hybridized carbons (Fsp3) is 0.167. The van der Waals surface area contributed by atoms with Gasteiger partial charge in [0, 0.05) is 10.9 Å². The fourth-order valence-electron chi connectivity index (χ4n) is 3.54. The molecular weight excluding hydrogens is 428 g/mol. The Morgan fingerprint density at radius 1 is 0.875 bits per heavy atom. The number of nitrogens with one attached hydrogen (secondary N) is 1. The molecule has 8 heteroatoms. The number of anilines is 2. The van der Waals surface area contributed by atoms with Gasteiger partial charge in [0.1, 0.15) is 22.9 Å². The molecule has 3 aromatic rings. The predicted octanol–water partition coefficient (Wildman–Crippen LogP) is 4.48. The molecule has 1 aromatic heterocycles. The lowest BCUT2D eigenvalue weighted by atomic mass is 10.1. The van der Waals surface area contributed by atoms with Crippen molar-refractivity contribution in [2.24, 2.45) is 0 Å². The van der Waals surface area contributed by atoms with Crippen LogP contribution >= 0.6 is 11.3 Å². The highest BCUT2D eigenvalue weighted by Gasteiger charge is 2.42. The van der Waals surface area contributed by atoms with Crippen LogP contribution in [0.3, 0.4) is 0 Å². The third-order valence-corrected chi connectivity index (χ3v) is 5.98. The zero-order chi connectivity index (χ0) is 22.8. The van der Waals surface area contributed by atoms with Crippen LogP contribution in [0.2, 0.25) is 0 Å². The molecule has 2 amide bonds. The Bertz CT molecular complexity index is 1220. The van der Waals surface area contributed by atoms with E-state index >= 15 is 0 Å². The lowest BCUT2D eigenvalue weighted by molar-refractivity contribution is -0.120. The number of rotatable bonds is 7. The Morgan fingerprint density at radius 2 is 1.66 bits per heavy atom. The van der Waals surface area contributed by atoms with Crippen molar-refractivity contribution in [3.8, 4) is 17.2 Å². The van der Waals surface area contributed by atoms with Gasteiger partial charge < -0.3 is 19.5 Å². The summed E-state index contributed by atoms with van der Waals surface area (Å²) in [6.07, 6.45) is 0. The van der Waals surface area contributed by atoms with Gasteiger partial charge in [-0.1, -0.05) is 12.1 Å². The second kappa shape index (κ2) is 8.76. The molecular formula is C24H22N2O5S. The molecule has 7 nitrogen and oxygen atoms in total. The van der Waals surface area contributed by atoms with E-state index in [-0.39, 0.29) is 5.70 Å². The summed E-state index contributed by atoms with van der Waals surface area (Å²) in [6.45, 7) is 1.94. The minimum absolute atomic E-state index is 0.180. The predicted molar refractivity (Wildman–Crippen MR) is 125 cm³/mol. The van der Waals surface area contributed by atoms with Crippen LogP contribution in [0, 0.1) is 6.92 Å². The summed E-state index contributed by atoms with van der Waals surface area (Å²) in [6, 6.07) is 14.2. The van der Waals surface area contributed by atoms with E-state index in [0.717, 1.165) is 10.5 Å². The number of hydrogen-bond acceptors (Lipinski definition) is 7. The van der Waals surface area contributed by atoms with Gasteiger partial charge in [0.15, 0.2) is 0 Å². The number of hydrogen-bond donors (Lipinski definition) is 1. The van der Waals surface area contributed by atoms with Crippen LogP contribution in [0.15, 0.2) is 59.6 Å². The number of carbonyl (C=O) groups excluding carboxylic acids is 2. The zero-order valence-electron chi connectivity index (χ0n) is 18.1. The summed E-state index contributed by atoms with van der Waals surface area (Å²) in [5.41, 5.74) is 2.40. The molecule has 0 aliphatic carbocycles. The molecule has 0 saturated carbocycles. The average molecular weight is 451 g/mol. The van der Waals surface area contributed by atoms with Crippen molar-refractivity contribution in [1.29, 1.82) is 0 Å². The van der Waals surface area contributed by atoms with Crippen molar-refractivity contribution in [3.63, 3.8) is 0 Å². The Morgan fingerprint density at radius 3 is 2.31 bits per heavy atom. The fourth-order valence-corrected chi connectivity index (χ4v) is 4.31. The molecule has 0 radical (unpaired) electrons. The second-order valence-electron chi connectivity index (χ2n) is 7.04. The van der Waals surface area contributed by atoms with Gasteiger partial charge in [-0.15, -0.1) is 11.3 Å². The number of amides is 2. The second-order valence-corrected chi connectivity index (χ2v) is 7.99. The van der Waals surface area contributed by atoms with E-state index in [1.807, 2.05) is 42.6 Å². The van der Waals surface area contributed by atoms with Crippen molar-refractivity contribution in [2.45, 2.75) is 6.92 Å². The largest absolute Gasteiger partial charge is 0.497 e. The lowest BCUT2D eigenvalue weighted by Crippen LogP contribution is -2.32. The summed E-state index contributed by atoms with van der Waals surface area (Å²) in [5.74, 6) is 0.555. The molecule has 0 fully saturated rings. The number of thiophene rings is 1. The highest BCUT2D eigenvalue weighted by atomic mass is 32.1. The quantitative estimate of drug-likeness (QED) is 0.535. The first-order valence-corrected chi connectivity index (χ1v) is 10.7. The molecule has 1 N–H and O–H groups in total. The molecule has 2 aromatic carbocycles. The summed E-state index contributed by atoms with van der Waals surface area (Å²) < 4.78 is 16.1. The van der Waals surface area contributed by atoms with Crippen molar-refractivity contribution >= 4 is 40.1 Å². The van der Waals surface area contributed by atoms with Crippen LogP contribution in [0.5, 0.6) is 17.2 Å². The Labute approximate surface area is 189 Å². The van der Waals surface area contributed by atoms with Crippen LogP contribution in [0.4, 0.5) is 11.4 Å². The minimum atomic E-state index is -0.481. The van der Waals surface area contributed by atoms with E-state index in [1.165, 1.54) is 25.6 Å². The highest BCUT2D eigenvalue weighted by molar-refractivity contribution is 7.11. The molecule has 1 aliphatic heterocycles. The standard InChI is InChI=1S/C24H22N2O5S/c1-14-7-10-18(30-3)16(12-14)25-22-21(20-6-5-11-32-20)23(27)26(24(22)28)17-9-8-15(29-2)13-19(17)31-4/h5-13,25H,1-4H3. The summed E-state index contributed by atoms with van der Waals surface area (Å²) in [5, 5.41) is 5.03. The van der Waals surface area contributed by atoms with E-state index in [0.29, 0.717) is 39.1 Å². The number of imide groups is 1. The van der Waals surface area contributed by atoms with Crippen LogP contribution in [-0.4, -0.2) is 33.1 Å². The topological polar surface area (TPSA) is 77.1 Å². The monoisotopic (exact) mass is 450 g/mol. The van der Waals surface area contributed by atoms with Gasteiger partial charge in [-0.3, -0.25) is 9.59 Å². The number of methoxy groups -OCH3 is 3. The van der Waals surface area contributed by atoms with Gasteiger partial charge in [0.25, 0.3) is 11.8 Å². The van der Waals surface area contributed by atoms with E-state index in [2.05, 4.69) is 5.32 Å². The van der Waals surface area contributed by atoms with Crippen LogP contribution in [0.1, 0.15) is 10.4 Å². The number of aryl methyl sites for hydroxylation is 1. The molecule has 0 bridgehead atoms. The first-order valence-electron chi connectivity index (χ1n) is 9.79. The van der Waals surface area contributed by atoms with Crippen LogP contribution < -0.4 is 24.4 Å². The molecule has 32 heavy (non-hydrogen) atoms. The van der Waals surface area contributed by atoms with Crippen molar-refractivity contribution < 1.29 is 23.8 Å². The Balaban J connectivity index is 1.83. The lowest BCUT2D eigenvalue weighted by Gasteiger charge is -2.19. The summed E-state index contributed by atoms with van der Waals surface area (Å²) >= 11 is 1.39. The first-order chi connectivity index (χ1) is 15.5. The highest BCUT2D eigenvalue weighted by Crippen LogP contribution is 2.41. The van der Waals surface area contributed by atoms with Crippen LogP contribution in [0.25, 0.3) is 5.57 Å². The third-order valence-electron chi connectivity index (χ3n) is 5.09. The van der Waals surface area contributed by atoms with Gasteiger partial charge in [-0.25, -0.2) is 4.90 Å². The Kier molecular flexibility index (Phi) is 5.87. The number of benzene rings is 2. The minimum Gasteiger partial charge on any atom is -0.497 e. The van der Waals surface area contributed by atoms with E-state index in [9.17, 15) is 9.59 Å². The maximum atomic E-state index is 13.6. The first kappa shape index (κ1) is 21.5. The third kappa shape index (κ3) is 3.69. The molecule has 164 valence electrons. The SMILES string of the molecule is COc1ccc(N2C(=O)C(Nc3cc(C)ccc3OC)=C(c3cccs3)C2=O)c(OC)c1. The average Bonchev–Trinajstić information content (AvgIpc) is 3.40. The molecule has 1 aliphatic rings. The summed E-state index contributed by atoms with van der Waals surface area (Å²) in [7, 11) is 4.57.